The predicted molar refractivity (Wildman–Crippen MR) is 96.2 cm³/mol. The predicted octanol–water partition coefficient (Wildman–Crippen LogP) is 2.96. The molecule has 24 heavy (non-hydrogen) atoms. The van der Waals surface area contributed by atoms with Gasteiger partial charge in [-0.15, -0.1) is 0 Å². The largest absolute Gasteiger partial charge is 0.371 e. The van der Waals surface area contributed by atoms with Gasteiger partial charge in [0.05, 0.1) is 6.33 Å². The number of hydrogen-bond donors (Lipinski definition) is 1. The summed E-state index contributed by atoms with van der Waals surface area (Å²) in [6.07, 6.45) is 7.94. The highest BCUT2D eigenvalue weighted by atomic mass is 35.5. The standard InChI is InChI=1S/C18H23ClN4O/c19-16-3-1-4-17(11-16)23-9-6-15(13-23)12-21-18(24)5-2-8-22-10-7-20-14-22/h1,3-4,7,10-11,14-15H,2,5-6,8-9,12-13H2,(H,21,24)/t15-/m0/s1. The first-order chi connectivity index (χ1) is 11.7. The molecule has 0 bridgehead atoms. The monoisotopic (exact) mass is 346 g/mol. The van der Waals surface area contributed by atoms with Crippen molar-refractivity contribution >= 4 is 23.2 Å². The number of nitrogens with one attached hydrogen (secondary N) is 1. The highest BCUT2D eigenvalue weighted by Crippen LogP contribution is 2.25. The summed E-state index contributed by atoms with van der Waals surface area (Å²) in [5, 5.41) is 3.84. The molecule has 1 atom stereocenters. The van der Waals surface area contributed by atoms with Crippen molar-refractivity contribution in [1.29, 1.82) is 0 Å². The molecule has 0 radical (unpaired) electrons. The third-order valence-corrected chi connectivity index (χ3v) is 4.66. The molecule has 1 aliphatic heterocycles. The number of hydrogen-bond acceptors (Lipinski definition) is 3. The second kappa shape index (κ2) is 8.20. The van der Waals surface area contributed by atoms with Crippen LogP contribution < -0.4 is 10.2 Å². The Labute approximate surface area is 147 Å². The Kier molecular flexibility index (Phi) is 5.75. The number of imidazole rings is 1. The molecule has 128 valence electrons. The van der Waals surface area contributed by atoms with Crippen LogP contribution in [0.1, 0.15) is 19.3 Å². The van der Waals surface area contributed by atoms with Crippen LogP contribution in [-0.2, 0) is 11.3 Å². The van der Waals surface area contributed by atoms with Crippen molar-refractivity contribution < 1.29 is 4.79 Å². The molecular formula is C18H23ClN4O. The number of anilines is 1. The van der Waals surface area contributed by atoms with Crippen molar-refractivity contribution in [3.8, 4) is 0 Å². The Balaban J connectivity index is 1.36. The Morgan fingerprint density at radius 3 is 3.12 bits per heavy atom. The minimum absolute atomic E-state index is 0.135. The number of benzene rings is 1. The maximum absolute atomic E-state index is 12.0. The van der Waals surface area contributed by atoms with Gasteiger partial charge in [-0.3, -0.25) is 4.79 Å². The van der Waals surface area contributed by atoms with Gasteiger partial charge in [-0.1, -0.05) is 17.7 Å². The Morgan fingerprint density at radius 2 is 2.33 bits per heavy atom. The molecule has 1 fully saturated rings. The van der Waals surface area contributed by atoms with Gasteiger partial charge in [0.2, 0.25) is 5.91 Å². The maximum atomic E-state index is 12.0. The lowest BCUT2D eigenvalue weighted by molar-refractivity contribution is -0.121. The van der Waals surface area contributed by atoms with Crippen LogP contribution in [0.15, 0.2) is 43.0 Å². The van der Waals surface area contributed by atoms with Crippen LogP contribution >= 0.6 is 11.6 Å². The zero-order valence-electron chi connectivity index (χ0n) is 13.7. The van der Waals surface area contributed by atoms with E-state index < -0.39 is 0 Å². The zero-order chi connectivity index (χ0) is 16.8. The fraction of sp³-hybridized carbons (Fsp3) is 0.444. The third-order valence-electron chi connectivity index (χ3n) is 4.43. The number of carbonyl (C=O) groups is 1. The van der Waals surface area contributed by atoms with Crippen LogP contribution in [0.2, 0.25) is 5.02 Å². The minimum Gasteiger partial charge on any atom is -0.371 e. The van der Waals surface area contributed by atoms with Gasteiger partial charge in [-0.2, -0.15) is 0 Å². The van der Waals surface area contributed by atoms with E-state index in [-0.39, 0.29) is 5.91 Å². The van der Waals surface area contributed by atoms with Gasteiger partial charge in [-0.05, 0) is 37.0 Å². The molecule has 1 N–H and O–H groups in total. The maximum Gasteiger partial charge on any atom is 0.220 e. The lowest BCUT2D eigenvalue weighted by Crippen LogP contribution is -2.31. The summed E-state index contributed by atoms with van der Waals surface area (Å²) in [5.74, 6) is 0.637. The van der Waals surface area contributed by atoms with Crippen molar-refractivity contribution in [2.45, 2.75) is 25.8 Å². The number of amides is 1. The molecule has 0 saturated carbocycles. The van der Waals surface area contributed by atoms with Crippen LogP contribution in [0.5, 0.6) is 0 Å². The highest BCUT2D eigenvalue weighted by Gasteiger charge is 2.23. The molecule has 0 aliphatic carbocycles. The van der Waals surface area contributed by atoms with Gasteiger partial charge in [-0.25, -0.2) is 4.98 Å². The summed E-state index contributed by atoms with van der Waals surface area (Å²) in [6, 6.07) is 7.96. The SMILES string of the molecule is O=C(CCCn1ccnc1)NC[C@@H]1CCN(c2cccc(Cl)c2)C1. The number of carbonyl (C=O) groups excluding carboxylic acids is 1. The van der Waals surface area contributed by atoms with E-state index in [1.54, 1.807) is 12.5 Å². The second-order valence-corrected chi connectivity index (χ2v) is 6.73. The Hall–Kier alpha value is -2.01. The van der Waals surface area contributed by atoms with Crippen molar-refractivity contribution in [2.75, 3.05) is 24.5 Å². The molecule has 1 saturated heterocycles. The van der Waals surface area contributed by atoms with Crippen LogP contribution in [0, 0.1) is 5.92 Å². The quantitative estimate of drug-likeness (QED) is 0.838. The molecule has 2 aromatic rings. The number of nitrogens with zero attached hydrogens (tertiary/aromatic N) is 3. The summed E-state index contributed by atoms with van der Waals surface area (Å²) in [5.41, 5.74) is 1.16. The highest BCUT2D eigenvalue weighted by molar-refractivity contribution is 6.30. The van der Waals surface area contributed by atoms with Crippen molar-refractivity contribution in [2.24, 2.45) is 5.92 Å². The van der Waals surface area contributed by atoms with E-state index in [0.29, 0.717) is 12.3 Å². The third kappa shape index (κ3) is 4.74. The molecule has 1 amide bonds. The van der Waals surface area contributed by atoms with Crippen molar-refractivity contribution in [3.05, 3.63) is 48.0 Å². The lowest BCUT2D eigenvalue weighted by atomic mass is 10.1. The fourth-order valence-electron chi connectivity index (χ4n) is 3.09. The van der Waals surface area contributed by atoms with Gasteiger partial charge in [0.25, 0.3) is 0 Å². The molecule has 6 heteroatoms. The van der Waals surface area contributed by atoms with Gasteiger partial charge in [0.1, 0.15) is 0 Å². The van der Waals surface area contributed by atoms with E-state index in [9.17, 15) is 4.79 Å². The average molecular weight is 347 g/mol. The molecule has 2 heterocycles. The number of aromatic nitrogens is 2. The van der Waals surface area contributed by atoms with Crippen molar-refractivity contribution in [3.63, 3.8) is 0 Å². The zero-order valence-corrected chi connectivity index (χ0v) is 14.5. The fourth-order valence-corrected chi connectivity index (χ4v) is 3.28. The van der Waals surface area contributed by atoms with Crippen LogP contribution in [0.4, 0.5) is 5.69 Å². The van der Waals surface area contributed by atoms with Gasteiger partial charge in [0, 0.05) is 55.7 Å². The number of halogens is 1. The van der Waals surface area contributed by atoms with E-state index >= 15 is 0 Å². The van der Waals surface area contributed by atoms with E-state index in [1.807, 2.05) is 29.0 Å². The summed E-state index contributed by atoms with van der Waals surface area (Å²) in [7, 11) is 0. The first-order valence-corrected chi connectivity index (χ1v) is 8.81. The molecule has 1 aromatic carbocycles. The topological polar surface area (TPSA) is 50.2 Å². The summed E-state index contributed by atoms with van der Waals surface area (Å²) in [4.78, 5) is 18.3. The molecule has 5 nitrogen and oxygen atoms in total. The number of aryl methyl sites for hydroxylation is 1. The normalized spacial score (nSPS) is 17.2. The summed E-state index contributed by atoms with van der Waals surface area (Å²) >= 11 is 6.06. The molecule has 1 aromatic heterocycles. The second-order valence-electron chi connectivity index (χ2n) is 6.29. The Bertz CT molecular complexity index is 659. The van der Waals surface area contributed by atoms with Crippen LogP contribution in [0.3, 0.4) is 0 Å². The number of rotatable bonds is 7. The summed E-state index contributed by atoms with van der Waals surface area (Å²) < 4.78 is 1.99. The first kappa shape index (κ1) is 16.8. The minimum atomic E-state index is 0.135. The van der Waals surface area contributed by atoms with Crippen LogP contribution in [-0.4, -0.2) is 35.1 Å². The van der Waals surface area contributed by atoms with E-state index in [1.165, 1.54) is 0 Å². The Morgan fingerprint density at radius 1 is 1.42 bits per heavy atom. The lowest BCUT2D eigenvalue weighted by Gasteiger charge is -2.19. The van der Waals surface area contributed by atoms with E-state index in [4.69, 9.17) is 11.6 Å². The molecule has 0 unspecified atom stereocenters. The molecular weight excluding hydrogens is 324 g/mol. The van der Waals surface area contributed by atoms with Crippen molar-refractivity contribution in [1.82, 2.24) is 14.9 Å². The molecule has 3 rings (SSSR count). The van der Waals surface area contributed by atoms with E-state index in [2.05, 4.69) is 21.3 Å². The van der Waals surface area contributed by atoms with Gasteiger partial charge >= 0.3 is 0 Å². The average Bonchev–Trinajstić information content (AvgIpc) is 3.25. The summed E-state index contributed by atoms with van der Waals surface area (Å²) in [6.45, 7) is 3.57. The van der Waals surface area contributed by atoms with Gasteiger partial charge in [0.15, 0.2) is 0 Å². The first-order valence-electron chi connectivity index (χ1n) is 8.43. The smallest absolute Gasteiger partial charge is 0.220 e. The molecule has 0 spiro atoms. The van der Waals surface area contributed by atoms with Gasteiger partial charge < -0.3 is 14.8 Å². The molecule has 1 aliphatic rings. The van der Waals surface area contributed by atoms with E-state index in [0.717, 1.165) is 49.7 Å². The van der Waals surface area contributed by atoms with Crippen LogP contribution in [0.25, 0.3) is 0 Å².